The van der Waals surface area contributed by atoms with Crippen molar-refractivity contribution in [1.82, 2.24) is 9.97 Å². The maximum Gasteiger partial charge on any atom is 0.325 e. The van der Waals surface area contributed by atoms with Gasteiger partial charge in [0.2, 0.25) is 0 Å². The molecule has 0 aliphatic carbocycles. The normalized spacial score (nSPS) is 11.0. The smallest absolute Gasteiger partial charge is 0.325 e. The Bertz CT molecular complexity index is 606. The number of hydrogen-bond donors (Lipinski definition) is 1. The van der Waals surface area contributed by atoms with Gasteiger partial charge in [0, 0.05) is 12.6 Å². The second kappa shape index (κ2) is 7.80. The summed E-state index contributed by atoms with van der Waals surface area (Å²) >= 11 is 0. The molecule has 126 valence electrons. The van der Waals surface area contributed by atoms with Crippen LogP contribution in [0.1, 0.15) is 56.7 Å². The lowest BCUT2D eigenvalue weighted by molar-refractivity contribution is -0.152. The average molecular weight is 321 g/mol. The van der Waals surface area contributed by atoms with Gasteiger partial charge in [0.05, 0.1) is 12.1 Å². The molecule has 0 unspecified atom stereocenters. The van der Waals surface area contributed by atoms with Crippen LogP contribution in [-0.4, -0.2) is 39.6 Å². The van der Waals surface area contributed by atoms with Gasteiger partial charge in [-0.3, -0.25) is 14.4 Å². The van der Waals surface area contributed by atoms with Gasteiger partial charge in [0.1, 0.15) is 23.6 Å². The van der Waals surface area contributed by atoms with Gasteiger partial charge in [-0.05, 0) is 27.7 Å². The van der Waals surface area contributed by atoms with Gasteiger partial charge < -0.3 is 10.1 Å². The summed E-state index contributed by atoms with van der Waals surface area (Å²) in [4.78, 5) is 43.5. The molecule has 0 fully saturated rings. The number of carbonyl (C=O) groups is 3. The fourth-order valence-corrected chi connectivity index (χ4v) is 1.73. The van der Waals surface area contributed by atoms with E-state index in [9.17, 15) is 14.4 Å². The third-order valence-electron chi connectivity index (χ3n) is 2.73. The van der Waals surface area contributed by atoms with Crippen LogP contribution >= 0.6 is 0 Å². The molecule has 0 radical (unpaired) electrons. The van der Waals surface area contributed by atoms with Crippen molar-refractivity contribution in [2.24, 2.45) is 0 Å². The van der Waals surface area contributed by atoms with Crippen molar-refractivity contribution in [2.45, 2.75) is 53.1 Å². The lowest BCUT2D eigenvalue weighted by Gasteiger charge is -2.19. The number of anilines is 1. The summed E-state index contributed by atoms with van der Waals surface area (Å²) in [5, 5.41) is 2.77. The fraction of sp³-hybridized carbons (Fsp3) is 0.562. The molecule has 1 heterocycles. The molecule has 1 aromatic rings. The van der Waals surface area contributed by atoms with Crippen LogP contribution in [0.25, 0.3) is 0 Å². The minimum atomic E-state index is -0.594. The van der Waals surface area contributed by atoms with Crippen molar-refractivity contribution in [1.29, 1.82) is 0 Å². The van der Waals surface area contributed by atoms with E-state index < -0.39 is 17.4 Å². The number of Topliss-reactive ketones (excluding diaryl/α,β-unsaturated/α-hetero) is 2. The zero-order valence-corrected chi connectivity index (χ0v) is 14.2. The minimum Gasteiger partial charge on any atom is -0.459 e. The molecule has 23 heavy (non-hydrogen) atoms. The molecule has 0 saturated heterocycles. The number of nitrogens with one attached hydrogen (secondary N) is 1. The van der Waals surface area contributed by atoms with Crippen molar-refractivity contribution in [2.75, 3.05) is 11.9 Å². The van der Waals surface area contributed by atoms with Crippen LogP contribution in [0.3, 0.4) is 0 Å². The molecule has 0 amide bonds. The second-order valence-electron chi connectivity index (χ2n) is 6.14. The van der Waals surface area contributed by atoms with Crippen molar-refractivity contribution in [3.63, 3.8) is 0 Å². The molecule has 0 aliphatic rings. The van der Waals surface area contributed by atoms with Gasteiger partial charge in [-0.15, -0.1) is 0 Å². The summed E-state index contributed by atoms with van der Waals surface area (Å²) in [6.45, 7) is 8.57. The van der Waals surface area contributed by atoms with Crippen molar-refractivity contribution in [3.05, 3.63) is 17.6 Å². The molecule has 0 aliphatic heterocycles. The monoisotopic (exact) mass is 321 g/mol. The number of esters is 1. The number of carbonyl (C=O) groups excluding carboxylic acids is 3. The van der Waals surface area contributed by atoms with Gasteiger partial charge in [-0.1, -0.05) is 6.92 Å². The topological polar surface area (TPSA) is 98.3 Å². The van der Waals surface area contributed by atoms with E-state index in [1.807, 2.05) is 0 Å². The lowest BCUT2D eigenvalue weighted by atomic mass is 10.1. The molecule has 1 aromatic heterocycles. The van der Waals surface area contributed by atoms with Crippen LogP contribution < -0.4 is 5.32 Å². The first-order valence-corrected chi connectivity index (χ1v) is 7.46. The van der Waals surface area contributed by atoms with Gasteiger partial charge in [0.15, 0.2) is 11.6 Å². The van der Waals surface area contributed by atoms with Gasteiger partial charge in [0.25, 0.3) is 0 Å². The standard InChI is InChI=1S/C16H23N3O4/c1-6-11(20)7-12(21)14-15(19-10(2)8-17-14)18-9-13(22)23-16(3,4)5/h8H,6-7,9H2,1-5H3,(H,18,19). The number of rotatable bonds is 7. The molecule has 1 rings (SSSR count). The summed E-state index contributed by atoms with van der Waals surface area (Å²) < 4.78 is 5.18. The highest BCUT2D eigenvalue weighted by Crippen LogP contribution is 2.14. The maximum absolute atomic E-state index is 12.1. The molecule has 0 bridgehead atoms. The first-order valence-electron chi connectivity index (χ1n) is 7.46. The molecular formula is C16H23N3O4. The Kier molecular flexibility index (Phi) is 6.36. The van der Waals surface area contributed by atoms with Crippen LogP contribution in [-0.2, 0) is 14.3 Å². The number of ketones is 2. The van der Waals surface area contributed by atoms with E-state index in [0.717, 1.165) is 0 Å². The highest BCUT2D eigenvalue weighted by Gasteiger charge is 2.20. The van der Waals surface area contributed by atoms with E-state index in [-0.39, 0.29) is 36.7 Å². The van der Waals surface area contributed by atoms with Crippen molar-refractivity contribution >= 4 is 23.4 Å². The lowest BCUT2D eigenvalue weighted by Crippen LogP contribution is -2.28. The van der Waals surface area contributed by atoms with E-state index in [0.29, 0.717) is 5.69 Å². The third-order valence-corrected chi connectivity index (χ3v) is 2.73. The maximum atomic E-state index is 12.1. The Balaban J connectivity index is 2.85. The molecule has 0 atom stereocenters. The number of aromatic nitrogens is 2. The van der Waals surface area contributed by atoms with E-state index in [2.05, 4.69) is 15.3 Å². The Morgan fingerprint density at radius 2 is 1.91 bits per heavy atom. The number of aryl methyl sites for hydroxylation is 1. The van der Waals surface area contributed by atoms with E-state index in [4.69, 9.17) is 4.74 Å². The van der Waals surface area contributed by atoms with Crippen LogP contribution in [0.4, 0.5) is 5.82 Å². The molecule has 1 N–H and O–H groups in total. The molecule has 0 spiro atoms. The summed E-state index contributed by atoms with van der Waals surface area (Å²) in [5.74, 6) is -0.875. The summed E-state index contributed by atoms with van der Waals surface area (Å²) in [6.07, 6.45) is 1.50. The third kappa shape index (κ3) is 6.54. The molecular weight excluding hydrogens is 298 g/mol. The number of nitrogens with zero attached hydrogens (tertiary/aromatic N) is 2. The Morgan fingerprint density at radius 3 is 2.48 bits per heavy atom. The minimum absolute atomic E-state index is 0.0564. The fourth-order valence-electron chi connectivity index (χ4n) is 1.73. The van der Waals surface area contributed by atoms with Crippen molar-refractivity contribution in [3.8, 4) is 0 Å². The Labute approximate surface area is 135 Å². The van der Waals surface area contributed by atoms with E-state index >= 15 is 0 Å². The quantitative estimate of drug-likeness (QED) is 0.466. The summed E-state index contributed by atoms with van der Waals surface area (Å²) in [6, 6.07) is 0. The van der Waals surface area contributed by atoms with Crippen molar-refractivity contribution < 1.29 is 19.1 Å². The Morgan fingerprint density at radius 1 is 1.26 bits per heavy atom. The summed E-state index contributed by atoms with van der Waals surface area (Å²) in [5.41, 5.74) is 0.0551. The average Bonchev–Trinajstić information content (AvgIpc) is 2.43. The molecule has 7 nitrogen and oxygen atoms in total. The molecule has 0 aromatic carbocycles. The zero-order valence-electron chi connectivity index (χ0n) is 14.2. The predicted molar refractivity (Wildman–Crippen MR) is 85.3 cm³/mol. The SMILES string of the molecule is CCC(=O)CC(=O)c1ncc(C)nc1NCC(=O)OC(C)(C)C. The van der Waals surface area contributed by atoms with Gasteiger partial charge in [-0.25, -0.2) is 9.97 Å². The number of ether oxygens (including phenoxy) is 1. The highest BCUT2D eigenvalue weighted by atomic mass is 16.6. The van der Waals surface area contributed by atoms with Gasteiger partial charge >= 0.3 is 5.97 Å². The van der Waals surface area contributed by atoms with Crippen LogP contribution in [0.5, 0.6) is 0 Å². The number of hydrogen-bond acceptors (Lipinski definition) is 7. The molecule has 0 saturated carbocycles. The Hall–Kier alpha value is -2.31. The van der Waals surface area contributed by atoms with E-state index in [1.54, 1.807) is 34.6 Å². The second-order valence-corrected chi connectivity index (χ2v) is 6.14. The van der Waals surface area contributed by atoms with Crippen LogP contribution in [0.15, 0.2) is 6.20 Å². The van der Waals surface area contributed by atoms with Crippen LogP contribution in [0.2, 0.25) is 0 Å². The largest absolute Gasteiger partial charge is 0.459 e. The first-order chi connectivity index (χ1) is 10.6. The van der Waals surface area contributed by atoms with Crippen LogP contribution in [0, 0.1) is 6.92 Å². The highest BCUT2D eigenvalue weighted by molar-refractivity contribution is 6.09. The first kappa shape index (κ1) is 18.7. The predicted octanol–water partition coefficient (Wildman–Crippen LogP) is 2.09. The molecule has 7 heteroatoms. The summed E-state index contributed by atoms with van der Waals surface area (Å²) in [7, 11) is 0. The zero-order chi connectivity index (χ0) is 17.6. The van der Waals surface area contributed by atoms with E-state index in [1.165, 1.54) is 6.20 Å². The van der Waals surface area contributed by atoms with Gasteiger partial charge in [-0.2, -0.15) is 0 Å².